The number of aromatic nitrogens is 3. The minimum atomic E-state index is -0.476. The van der Waals surface area contributed by atoms with Crippen LogP contribution in [0, 0.1) is 6.92 Å². The largest absolute Gasteiger partial charge is 0.417 e. The SMILES string of the molecule is Cc1cnc(Nc2ccc(Br)cc2)nc1Nc1ccc2oc(=O)[nH]c2c1. The molecular weight excluding hydrogens is 398 g/mol. The van der Waals surface area contributed by atoms with E-state index in [1.165, 1.54) is 0 Å². The van der Waals surface area contributed by atoms with Gasteiger partial charge < -0.3 is 15.1 Å². The second-order valence-electron chi connectivity index (χ2n) is 5.71. The fourth-order valence-electron chi connectivity index (χ4n) is 2.46. The van der Waals surface area contributed by atoms with Crippen LogP contribution in [0.4, 0.5) is 23.1 Å². The fraction of sp³-hybridized carbons (Fsp3) is 0.0556. The Hall–Kier alpha value is -3.13. The molecule has 0 atom stereocenters. The lowest BCUT2D eigenvalue weighted by atomic mass is 10.2. The molecule has 4 rings (SSSR count). The minimum absolute atomic E-state index is 0.476. The van der Waals surface area contributed by atoms with Crippen molar-refractivity contribution in [3.8, 4) is 0 Å². The molecule has 0 spiro atoms. The normalized spacial score (nSPS) is 10.8. The third kappa shape index (κ3) is 3.45. The molecule has 2 heterocycles. The first-order chi connectivity index (χ1) is 12.6. The summed E-state index contributed by atoms with van der Waals surface area (Å²) in [6, 6.07) is 13.1. The Morgan fingerprint density at radius 1 is 1.08 bits per heavy atom. The van der Waals surface area contributed by atoms with Crippen LogP contribution in [-0.4, -0.2) is 15.0 Å². The summed E-state index contributed by atoms with van der Waals surface area (Å²) in [6.07, 6.45) is 1.74. The van der Waals surface area contributed by atoms with E-state index in [2.05, 4.69) is 41.5 Å². The third-order valence-corrected chi connectivity index (χ3v) is 4.28. The standard InChI is InChI=1S/C18H14BrN5O2/c1-10-9-20-17(22-12-4-2-11(19)3-5-12)24-16(10)21-13-6-7-15-14(8-13)23-18(25)26-15/h2-9H,1H3,(H,23,25)(H2,20,21,22,24). The van der Waals surface area contributed by atoms with Gasteiger partial charge in [0.25, 0.3) is 0 Å². The molecule has 2 aromatic heterocycles. The number of hydrogen-bond donors (Lipinski definition) is 3. The molecule has 2 aromatic carbocycles. The molecular formula is C18H14BrN5O2. The Balaban J connectivity index is 1.60. The van der Waals surface area contributed by atoms with Crippen LogP contribution in [0.25, 0.3) is 11.1 Å². The number of fused-ring (bicyclic) bond motifs is 1. The van der Waals surface area contributed by atoms with E-state index >= 15 is 0 Å². The van der Waals surface area contributed by atoms with Gasteiger partial charge in [0, 0.05) is 27.6 Å². The number of benzene rings is 2. The number of hydrogen-bond acceptors (Lipinski definition) is 6. The average molecular weight is 412 g/mol. The Bertz CT molecular complexity index is 1130. The first-order valence-electron chi connectivity index (χ1n) is 7.83. The van der Waals surface area contributed by atoms with Crippen LogP contribution in [0.2, 0.25) is 0 Å². The average Bonchev–Trinajstić information content (AvgIpc) is 2.99. The summed E-state index contributed by atoms with van der Waals surface area (Å²) in [6.45, 7) is 1.92. The number of halogens is 1. The lowest BCUT2D eigenvalue weighted by molar-refractivity contribution is 0.555. The van der Waals surface area contributed by atoms with E-state index in [-0.39, 0.29) is 0 Å². The number of nitrogens with one attached hydrogen (secondary N) is 3. The Kier molecular flexibility index (Phi) is 4.18. The fourth-order valence-corrected chi connectivity index (χ4v) is 2.72. The van der Waals surface area contributed by atoms with Gasteiger partial charge in [0.15, 0.2) is 5.58 Å². The molecule has 4 aromatic rings. The van der Waals surface area contributed by atoms with E-state index < -0.39 is 5.76 Å². The monoisotopic (exact) mass is 411 g/mol. The molecule has 0 saturated heterocycles. The van der Waals surface area contributed by atoms with Gasteiger partial charge >= 0.3 is 5.76 Å². The molecule has 0 aliphatic rings. The molecule has 0 bridgehead atoms. The highest BCUT2D eigenvalue weighted by molar-refractivity contribution is 9.10. The second kappa shape index (κ2) is 6.64. The van der Waals surface area contributed by atoms with Gasteiger partial charge in [-0.05, 0) is 49.4 Å². The predicted molar refractivity (Wildman–Crippen MR) is 104 cm³/mol. The molecule has 7 nitrogen and oxygen atoms in total. The van der Waals surface area contributed by atoms with Gasteiger partial charge in [-0.2, -0.15) is 4.98 Å². The van der Waals surface area contributed by atoms with Crippen LogP contribution in [0.3, 0.4) is 0 Å². The van der Waals surface area contributed by atoms with Crippen LogP contribution in [0.15, 0.2) is 62.3 Å². The molecule has 0 saturated carbocycles. The maximum Gasteiger partial charge on any atom is 0.417 e. The smallest absolute Gasteiger partial charge is 0.408 e. The summed E-state index contributed by atoms with van der Waals surface area (Å²) in [5, 5.41) is 6.42. The minimum Gasteiger partial charge on any atom is -0.408 e. The summed E-state index contributed by atoms with van der Waals surface area (Å²) in [5.74, 6) is 0.680. The topological polar surface area (TPSA) is 95.8 Å². The van der Waals surface area contributed by atoms with Crippen LogP contribution in [-0.2, 0) is 0 Å². The predicted octanol–water partition coefficient (Wildman–Crippen LogP) is 4.47. The second-order valence-corrected chi connectivity index (χ2v) is 6.62. The molecule has 8 heteroatoms. The summed E-state index contributed by atoms with van der Waals surface area (Å²) in [7, 11) is 0. The lowest BCUT2D eigenvalue weighted by Gasteiger charge is -2.11. The highest BCUT2D eigenvalue weighted by Gasteiger charge is 2.07. The maximum absolute atomic E-state index is 11.3. The zero-order valence-corrected chi connectivity index (χ0v) is 15.3. The molecule has 0 amide bonds. The first-order valence-corrected chi connectivity index (χ1v) is 8.62. The van der Waals surface area contributed by atoms with E-state index in [0.717, 1.165) is 21.4 Å². The number of H-pyrrole nitrogens is 1. The van der Waals surface area contributed by atoms with Crippen LogP contribution >= 0.6 is 15.9 Å². The van der Waals surface area contributed by atoms with Crippen molar-refractivity contribution in [2.24, 2.45) is 0 Å². The summed E-state index contributed by atoms with van der Waals surface area (Å²) < 4.78 is 6.02. The van der Waals surface area contributed by atoms with Gasteiger partial charge in [-0.3, -0.25) is 4.98 Å². The van der Waals surface area contributed by atoms with Gasteiger partial charge in [0.05, 0.1) is 5.52 Å². The van der Waals surface area contributed by atoms with E-state index in [0.29, 0.717) is 22.9 Å². The van der Waals surface area contributed by atoms with Crippen molar-refractivity contribution in [2.75, 3.05) is 10.6 Å². The summed E-state index contributed by atoms with van der Waals surface area (Å²) in [5.41, 5.74) is 3.70. The van der Waals surface area contributed by atoms with Gasteiger partial charge in [0.2, 0.25) is 5.95 Å². The molecule has 0 aliphatic carbocycles. The number of aryl methyl sites for hydroxylation is 1. The van der Waals surface area contributed by atoms with Crippen molar-refractivity contribution in [2.45, 2.75) is 6.92 Å². The van der Waals surface area contributed by atoms with E-state index in [4.69, 9.17) is 4.42 Å². The molecule has 26 heavy (non-hydrogen) atoms. The Morgan fingerprint density at radius 3 is 2.65 bits per heavy atom. The Morgan fingerprint density at radius 2 is 1.85 bits per heavy atom. The number of anilines is 4. The van der Waals surface area contributed by atoms with E-state index in [9.17, 15) is 4.79 Å². The van der Waals surface area contributed by atoms with Crippen LogP contribution < -0.4 is 16.4 Å². The van der Waals surface area contributed by atoms with Gasteiger partial charge in [-0.25, -0.2) is 9.78 Å². The van der Waals surface area contributed by atoms with Gasteiger partial charge in [-0.1, -0.05) is 15.9 Å². The molecule has 0 unspecified atom stereocenters. The van der Waals surface area contributed by atoms with Crippen molar-refractivity contribution in [3.63, 3.8) is 0 Å². The summed E-state index contributed by atoms with van der Waals surface area (Å²) >= 11 is 3.41. The van der Waals surface area contributed by atoms with Crippen molar-refractivity contribution in [3.05, 3.63) is 69.2 Å². The van der Waals surface area contributed by atoms with Gasteiger partial charge in [0.1, 0.15) is 5.82 Å². The molecule has 0 aliphatic heterocycles. The molecule has 0 radical (unpaired) electrons. The quantitative estimate of drug-likeness (QED) is 0.458. The van der Waals surface area contributed by atoms with Crippen molar-refractivity contribution in [1.82, 2.24) is 15.0 Å². The van der Waals surface area contributed by atoms with Gasteiger partial charge in [-0.15, -0.1) is 0 Å². The lowest BCUT2D eigenvalue weighted by Crippen LogP contribution is -2.02. The molecule has 3 N–H and O–H groups in total. The van der Waals surface area contributed by atoms with Crippen molar-refractivity contribution < 1.29 is 4.42 Å². The maximum atomic E-state index is 11.3. The first kappa shape index (κ1) is 16.3. The number of rotatable bonds is 4. The third-order valence-electron chi connectivity index (χ3n) is 3.75. The highest BCUT2D eigenvalue weighted by atomic mass is 79.9. The van der Waals surface area contributed by atoms with E-state index in [1.54, 1.807) is 18.3 Å². The number of aromatic amines is 1. The zero-order valence-electron chi connectivity index (χ0n) is 13.7. The van der Waals surface area contributed by atoms with E-state index in [1.807, 2.05) is 37.3 Å². The van der Waals surface area contributed by atoms with Crippen LogP contribution in [0.1, 0.15) is 5.56 Å². The van der Waals surface area contributed by atoms with Crippen molar-refractivity contribution >= 4 is 50.2 Å². The van der Waals surface area contributed by atoms with Crippen LogP contribution in [0.5, 0.6) is 0 Å². The highest BCUT2D eigenvalue weighted by Crippen LogP contribution is 2.23. The Labute approximate surface area is 156 Å². The molecule has 0 fully saturated rings. The molecule has 130 valence electrons. The number of oxazole rings is 1. The number of nitrogens with zero attached hydrogens (tertiary/aromatic N) is 2. The van der Waals surface area contributed by atoms with Crippen molar-refractivity contribution in [1.29, 1.82) is 0 Å². The summed E-state index contributed by atoms with van der Waals surface area (Å²) in [4.78, 5) is 22.8. The zero-order chi connectivity index (χ0) is 18.1.